The van der Waals surface area contributed by atoms with Crippen LogP contribution in [-0.2, 0) is 13.1 Å². The third-order valence-corrected chi connectivity index (χ3v) is 3.10. The van der Waals surface area contributed by atoms with E-state index in [1.54, 1.807) is 12.1 Å². The van der Waals surface area contributed by atoms with Crippen molar-refractivity contribution < 1.29 is 4.39 Å². The molecule has 0 unspecified atom stereocenters. The van der Waals surface area contributed by atoms with Gasteiger partial charge in [0.1, 0.15) is 5.82 Å². The van der Waals surface area contributed by atoms with E-state index in [9.17, 15) is 4.39 Å². The van der Waals surface area contributed by atoms with Crippen molar-refractivity contribution in [2.75, 3.05) is 7.05 Å². The van der Waals surface area contributed by atoms with Crippen molar-refractivity contribution in [3.8, 4) is 0 Å². The Balaban J connectivity index is 2.29. The van der Waals surface area contributed by atoms with E-state index in [0.29, 0.717) is 12.5 Å². The summed E-state index contributed by atoms with van der Waals surface area (Å²) >= 11 is 0. The summed E-state index contributed by atoms with van der Waals surface area (Å²) in [5.74, 6) is 0.186. The van der Waals surface area contributed by atoms with E-state index in [-0.39, 0.29) is 5.82 Å². The highest BCUT2D eigenvalue weighted by molar-refractivity contribution is 5.23. The second-order valence-electron chi connectivity index (χ2n) is 5.03. The number of nitrogens with one attached hydrogen (secondary N) is 1. The number of hydrogen-bond acceptors (Lipinski definition) is 2. The number of halogens is 1. The largest absolute Gasteiger partial charge is 0.316 e. The molecule has 1 aromatic heterocycles. The van der Waals surface area contributed by atoms with Crippen LogP contribution in [0.25, 0.3) is 0 Å². The van der Waals surface area contributed by atoms with Crippen molar-refractivity contribution in [3.05, 3.63) is 53.1 Å². The molecule has 0 aliphatic carbocycles. The molecular formula is C15H20FN3. The van der Waals surface area contributed by atoms with Gasteiger partial charge in [-0.05, 0) is 30.7 Å². The van der Waals surface area contributed by atoms with Crippen LogP contribution in [0.3, 0.4) is 0 Å². The third-order valence-electron chi connectivity index (χ3n) is 3.10. The molecule has 0 bridgehead atoms. The topological polar surface area (TPSA) is 29.9 Å². The lowest BCUT2D eigenvalue weighted by Crippen LogP contribution is -2.12. The summed E-state index contributed by atoms with van der Waals surface area (Å²) in [4.78, 5) is 0. The van der Waals surface area contributed by atoms with Crippen LogP contribution in [-0.4, -0.2) is 16.8 Å². The molecule has 0 aliphatic rings. The Kier molecular flexibility index (Phi) is 4.32. The van der Waals surface area contributed by atoms with Crippen molar-refractivity contribution in [1.82, 2.24) is 15.1 Å². The van der Waals surface area contributed by atoms with E-state index in [1.165, 1.54) is 17.3 Å². The lowest BCUT2D eigenvalue weighted by molar-refractivity contribution is 0.599. The van der Waals surface area contributed by atoms with Gasteiger partial charge in [0.05, 0.1) is 12.7 Å². The summed E-state index contributed by atoms with van der Waals surface area (Å²) < 4.78 is 15.2. The molecule has 0 saturated heterocycles. The molecule has 3 nitrogen and oxygen atoms in total. The first-order valence-corrected chi connectivity index (χ1v) is 6.55. The molecule has 0 saturated carbocycles. The molecule has 1 aromatic carbocycles. The lowest BCUT2D eigenvalue weighted by Gasteiger charge is -2.13. The number of nitrogens with zero attached hydrogens (tertiary/aromatic N) is 2. The highest BCUT2D eigenvalue weighted by atomic mass is 19.1. The highest BCUT2D eigenvalue weighted by Gasteiger charge is 2.14. The molecule has 2 aromatic rings. The molecule has 0 radical (unpaired) electrons. The zero-order valence-electron chi connectivity index (χ0n) is 11.7. The average Bonchev–Trinajstić information content (AvgIpc) is 2.72. The van der Waals surface area contributed by atoms with Crippen LogP contribution >= 0.6 is 0 Å². The zero-order valence-corrected chi connectivity index (χ0v) is 11.7. The number of benzene rings is 1. The van der Waals surface area contributed by atoms with Gasteiger partial charge in [0.15, 0.2) is 0 Å². The second-order valence-corrected chi connectivity index (χ2v) is 5.03. The predicted molar refractivity (Wildman–Crippen MR) is 74.6 cm³/mol. The zero-order chi connectivity index (χ0) is 13.8. The van der Waals surface area contributed by atoms with Crippen molar-refractivity contribution >= 4 is 0 Å². The van der Waals surface area contributed by atoms with Crippen molar-refractivity contribution in [3.63, 3.8) is 0 Å². The van der Waals surface area contributed by atoms with Crippen LogP contribution in [0.15, 0.2) is 30.5 Å². The Morgan fingerprint density at radius 1 is 1.37 bits per heavy atom. The Bertz CT molecular complexity index is 546. The van der Waals surface area contributed by atoms with Gasteiger partial charge >= 0.3 is 0 Å². The molecule has 1 heterocycles. The van der Waals surface area contributed by atoms with Gasteiger partial charge in [0.25, 0.3) is 0 Å². The molecule has 19 heavy (non-hydrogen) atoms. The monoisotopic (exact) mass is 261 g/mol. The molecule has 1 N–H and O–H groups in total. The van der Waals surface area contributed by atoms with E-state index < -0.39 is 0 Å². The van der Waals surface area contributed by atoms with Gasteiger partial charge in [-0.1, -0.05) is 26.0 Å². The standard InChI is InChI=1S/C15H20FN3/c1-11(2)15-13(8-17-3)9-18-19(15)10-12-5-4-6-14(16)7-12/h4-7,9,11,17H,8,10H2,1-3H3. The van der Waals surface area contributed by atoms with E-state index in [1.807, 2.05) is 24.0 Å². The van der Waals surface area contributed by atoms with E-state index in [4.69, 9.17) is 0 Å². The van der Waals surface area contributed by atoms with Crippen LogP contribution < -0.4 is 5.32 Å². The number of aromatic nitrogens is 2. The van der Waals surface area contributed by atoms with Crippen molar-refractivity contribution in [1.29, 1.82) is 0 Å². The summed E-state index contributed by atoms with van der Waals surface area (Å²) in [5.41, 5.74) is 3.34. The second kappa shape index (κ2) is 5.97. The third kappa shape index (κ3) is 3.20. The maximum Gasteiger partial charge on any atom is 0.123 e. The molecule has 0 atom stereocenters. The lowest BCUT2D eigenvalue weighted by atomic mass is 10.1. The minimum Gasteiger partial charge on any atom is -0.316 e. The Morgan fingerprint density at radius 2 is 2.16 bits per heavy atom. The van der Waals surface area contributed by atoms with Gasteiger partial charge in [0.2, 0.25) is 0 Å². The van der Waals surface area contributed by atoms with Gasteiger partial charge < -0.3 is 5.32 Å². The Hall–Kier alpha value is -1.68. The first kappa shape index (κ1) is 13.7. The highest BCUT2D eigenvalue weighted by Crippen LogP contribution is 2.20. The SMILES string of the molecule is CNCc1cnn(Cc2cccc(F)c2)c1C(C)C. The van der Waals surface area contributed by atoms with Gasteiger partial charge in [-0.25, -0.2) is 4.39 Å². The summed E-state index contributed by atoms with van der Waals surface area (Å²) in [6.07, 6.45) is 1.89. The van der Waals surface area contributed by atoms with E-state index in [2.05, 4.69) is 24.3 Å². The maximum absolute atomic E-state index is 13.2. The normalized spacial score (nSPS) is 11.2. The first-order chi connectivity index (χ1) is 9.11. The molecule has 0 spiro atoms. The van der Waals surface area contributed by atoms with Gasteiger partial charge in [0, 0.05) is 17.8 Å². The van der Waals surface area contributed by atoms with Crippen LogP contribution in [0.2, 0.25) is 0 Å². The quantitative estimate of drug-likeness (QED) is 0.897. The minimum absolute atomic E-state index is 0.203. The smallest absolute Gasteiger partial charge is 0.123 e. The van der Waals surface area contributed by atoms with Crippen molar-refractivity contribution in [2.45, 2.75) is 32.9 Å². The average molecular weight is 261 g/mol. The molecule has 0 amide bonds. The summed E-state index contributed by atoms with van der Waals surface area (Å²) in [6, 6.07) is 6.68. The number of hydrogen-bond donors (Lipinski definition) is 1. The first-order valence-electron chi connectivity index (χ1n) is 6.55. The number of rotatable bonds is 5. The summed E-state index contributed by atoms with van der Waals surface area (Å²) in [7, 11) is 1.92. The Morgan fingerprint density at radius 3 is 2.79 bits per heavy atom. The molecule has 102 valence electrons. The molecule has 4 heteroatoms. The fraction of sp³-hybridized carbons (Fsp3) is 0.400. The minimum atomic E-state index is -0.203. The molecular weight excluding hydrogens is 241 g/mol. The summed E-state index contributed by atoms with van der Waals surface area (Å²) in [5, 5.41) is 7.59. The van der Waals surface area contributed by atoms with E-state index >= 15 is 0 Å². The molecule has 0 fully saturated rings. The van der Waals surface area contributed by atoms with E-state index in [0.717, 1.165) is 12.1 Å². The van der Waals surface area contributed by atoms with Crippen LogP contribution in [0.5, 0.6) is 0 Å². The van der Waals surface area contributed by atoms with Gasteiger partial charge in [-0.2, -0.15) is 5.10 Å². The predicted octanol–water partition coefficient (Wildman–Crippen LogP) is 2.91. The molecule has 0 aliphatic heterocycles. The fourth-order valence-electron chi connectivity index (χ4n) is 2.36. The Labute approximate surface area is 113 Å². The maximum atomic E-state index is 13.2. The van der Waals surface area contributed by atoms with Crippen LogP contribution in [0.1, 0.15) is 36.6 Å². The fourth-order valence-corrected chi connectivity index (χ4v) is 2.36. The summed E-state index contributed by atoms with van der Waals surface area (Å²) in [6.45, 7) is 5.71. The van der Waals surface area contributed by atoms with Crippen LogP contribution in [0, 0.1) is 5.82 Å². The van der Waals surface area contributed by atoms with Gasteiger partial charge in [-0.15, -0.1) is 0 Å². The van der Waals surface area contributed by atoms with Crippen molar-refractivity contribution in [2.24, 2.45) is 0 Å². The van der Waals surface area contributed by atoms with Crippen LogP contribution in [0.4, 0.5) is 4.39 Å². The van der Waals surface area contributed by atoms with Gasteiger partial charge in [-0.3, -0.25) is 4.68 Å². The molecule has 2 rings (SSSR count).